The second-order valence-corrected chi connectivity index (χ2v) is 4.30. The molecule has 0 aliphatic heterocycles. The average Bonchev–Trinajstić information content (AvgIpc) is 2.55. The van der Waals surface area contributed by atoms with E-state index < -0.39 is 0 Å². The molecule has 2 aromatic heterocycles. The van der Waals surface area contributed by atoms with E-state index in [1.165, 1.54) is 4.57 Å². The Labute approximate surface area is 103 Å². The van der Waals surface area contributed by atoms with Crippen LogP contribution in [0.3, 0.4) is 0 Å². The molecule has 0 saturated heterocycles. The highest BCUT2D eigenvalue weighted by atomic mass is 35.5. The molecule has 0 bridgehead atoms. The van der Waals surface area contributed by atoms with Gasteiger partial charge in [-0.1, -0.05) is 11.6 Å². The zero-order valence-electron chi connectivity index (χ0n) is 7.81. The number of aromatic amines is 1. The van der Waals surface area contributed by atoms with E-state index in [9.17, 15) is 4.79 Å². The lowest BCUT2D eigenvalue weighted by Crippen LogP contribution is -2.12. The molecule has 2 aromatic rings. The first-order chi connectivity index (χ1) is 7.58. The van der Waals surface area contributed by atoms with E-state index in [2.05, 4.69) is 25.4 Å². The molecule has 16 heavy (non-hydrogen) atoms. The molecule has 0 amide bonds. The maximum absolute atomic E-state index is 11.1. The number of hydrogen-bond donors (Lipinski definition) is 1. The molecule has 2 rings (SSSR count). The second kappa shape index (κ2) is 4.40. The molecule has 2 heterocycles. The van der Waals surface area contributed by atoms with E-state index in [1.807, 2.05) is 0 Å². The Morgan fingerprint density at radius 1 is 1.38 bits per heavy atom. The first-order valence-corrected chi connectivity index (χ1v) is 5.50. The third kappa shape index (κ3) is 2.18. The lowest BCUT2D eigenvalue weighted by molar-refractivity contribution is 0.763. The summed E-state index contributed by atoms with van der Waals surface area (Å²) in [6.07, 6.45) is 0. The van der Waals surface area contributed by atoms with Crippen molar-refractivity contribution in [3.63, 3.8) is 0 Å². The molecule has 10 heteroatoms. The summed E-state index contributed by atoms with van der Waals surface area (Å²) in [5.74, 6) is 0. The van der Waals surface area contributed by atoms with E-state index >= 15 is 0 Å². The van der Waals surface area contributed by atoms with Gasteiger partial charge in [0.25, 0.3) is 0 Å². The summed E-state index contributed by atoms with van der Waals surface area (Å²) in [5, 5.41) is 13.9. The maximum atomic E-state index is 11.1. The molecule has 0 aromatic carbocycles. The minimum atomic E-state index is -0.327. The lowest BCUT2D eigenvalue weighted by atomic mass is 10.9. The Morgan fingerprint density at radius 3 is 2.75 bits per heavy atom. The van der Waals surface area contributed by atoms with Crippen molar-refractivity contribution in [2.45, 2.75) is 10.2 Å². The smallest absolute Gasteiger partial charge is 0.273 e. The van der Waals surface area contributed by atoms with Gasteiger partial charge in [-0.25, -0.2) is 14.9 Å². The van der Waals surface area contributed by atoms with Gasteiger partial charge < -0.3 is 0 Å². The highest BCUT2D eigenvalue weighted by molar-refractivity contribution is 7.99. The van der Waals surface area contributed by atoms with E-state index in [4.69, 9.17) is 23.2 Å². The Balaban J connectivity index is 2.37. The van der Waals surface area contributed by atoms with Crippen LogP contribution in [0, 0.1) is 0 Å². The highest BCUT2D eigenvalue weighted by Crippen LogP contribution is 2.28. The largest absolute Gasteiger partial charge is 0.343 e. The number of halogens is 2. The molecular weight excluding hydrogens is 275 g/mol. The van der Waals surface area contributed by atoms with Gasteiger partial charge in [-0.05, 0) is 23.4 Å². The van der Waals surface area contributed by atoms with Crippen molar-refractivity contribution in [1.29, 1.82) is 0 Å². The molecule has 84 valence electrons. The van der Waals surface area contributed by atoms with Gasteiger partial charge in [0, 0.05) is 7.05 Å². The van der Waals surface area contributed by atoms with Crippen LogP contribution in [0.2, 0.25) is 10.4 Å². The Bertz CT molecular complexity index is 581. The number of H-pyrrole nitrogens is 1. The van der Waals surface area contributed by atoms with Crippen LogP contribution in [-0.4, -0.2) is 29.9 Å². The van der Waals surface area contributed by atoms with Gasteiger partial charge in [0.2, 0.25) is 5.28 Å². The normalized spacial score (nSPS) is 10.7. The van der Waals surface area contributed by atoms with Crippen molar-refractivity contribution in [3.05, 3.63) is 20.9 Å². The van der Waals surface area contributed by atoms with Gasteiger partial charge in [0.05, 0.1) is 0 Å². The number of nitrogens with one attached hydrogen (secondary N) is 1. The van der Waals surface area contributed by atoms with E-state index in [-0.39, 0.29) is 16.1 Å². The van der Waals surface area contributed by atoms with Crippen LogP contribution in [0.15, 0.2) is 15.0 Å². The fourth-order valence-electron chi connectivity index (χ4n) is 0.855. The fourth-order valence-corrected chi connectivity index (χ4v) is 1.96. The van der Waals surface area contributed by atoms with E-state index in [1.54, 1.807) is 7.05 Å². The van der Waals surface area contributed by atoms with Crippen molar-refractivity contribution in [1.82, 2.24) is 29.9 Å². The summed E-state index contributed by atoms with van der Waals surface area (Å²) in [5.41, 5.74) is -0.327. The predicted octanol–water partition coefficient (Wildman–Crippen LogP) is 0.751. The first-order valence-electron chi connectivity index (χ1n) is 3.93. The molecule has 0 aliphatic rings. The van der Waals surface area contributed by atoms with Crippen LogP contribution in [0.25, 0.3) is 0 Å². The molecule has 7 nitrogen and oxygen atoms in total. The van der Waals surface area contributed by atoms with Gasteiger partial charge in [-0.3, -0.25) is 4.57 Å². The number of hydrogen-bond acceptors (Lipinski definition) is 6. The molecule has 0 saturated carbocycles. The van der Waals surface area contributed by atoms with Crippen molar-refractivity contribution < 1.29 is 0 Å². The summed E-state index contributed by atoms with van der Waals surface area (Å²) in [6.45, 7) is 0. The summed E-state index contributed by atoms with van der Waals surface area (Å²) < 4.78 is 1.32. The number of nitrogens with zero attached hydrogens (tertiary/aromatic N) is 5. The Kier molecular flexibility index (Phi) is 3.13. The van der Waals surface area contributed by atoms with E-state index in [0.29, 0.717) is 10.2 Å². The number of rotatable bonds is 2. The minimum Gasteiger partial charge on any atom is -0.273 e. The molecule has 0 atom stereocenters. The zero-order valence-corrected chi connectivity index (χ0v) is 10.1. The van der Waals surface area contributed by atoms with Crippen LogP contribution in [-0.2, 0) is 7.05 Å². The quantitative estimate of drug-likeness (QED) is 0.872. The first kappa shape index (κ1) is 11.4. The third-order valence-corrected chi connectivity index (χ3v) is 3.17. The number of aromatic nitrogens is 6. The summed E-state index contributed by atoms with van der Waals surface area (Å²) >= 11 is 12.4. The topological polar surface area (TPSA) is 89.3 Å². The van der Waals surface area contributed by atoms with Crippen LogP contribution >= 0.6 is 35.0 Å². The SMILES string of the molecule is Cn1c(Sc2nc(Cl)nnc2Cl)n[nH]c1=O. The van der Waals surface area contributed by atoms with Crippen molar-refractivity contribution in [2.75, 3.05) is 0 Å². The third-order valence-electron chi connectivity index (χ3n) is 1.62. The molecule has 0 unspecified atom stereocenters. The van der Waals surface area contributed by atoms with Gasteiger partial charge in [-0.15, -0.1) is 15.3 Å². The molecule has 0 fully saturated rings. The molecule has 0 radical (unpaired) electrons. The second-order valence-electron chi connectivity index (χ2n) is 2.65. The summed E-state index contributed by atoms with van der Waals surface area (Å²) in [6, 6.07) is 0. The van der Waals surface area contributed by atoms with Gasteiger partial charge in [-0.2, -0.15) is 0 Å². The van der Waals surface area contributed by atoms with Crippen LogP contribution in [0.4, 0.5) is 0 Å². The van der Waals surface area contributed by atoms with Crippen molar-refractivity contribution >= 4 is 35.0 Å². The Hall–Kier alpha value is -1.12. The molecule has 0 aliphatic carbocycles. The lowest BCUT2D eigenvalue weighted by Gasteiger charge is -2.00. The molecule has 1 N–H and O–H groups in total. The van der Waals surface area contributed by atoms with E-state index in [0.717, 1.165) is 11.8 Å². The maximum Gasteiger partial charge on any atom is 0.343 e. The van der Waals surface area contributed by atoms with Gasteiger partial charge in [0.1, 0.15) is 5.03 Å². The standard InChI is InChI=1S/C6H4Cl2N6OS/c1-14-5(15)12-13-6(14)16-3-2(7)10-11-4(8)9-3/h1H3,(H,12,15). The summed E-state index contributed by atoms with van der Waals surface area (Å²) in [4.78, 5) is 15.0. The monoisotopic (exact) mass is 278 g/mol. The van der Waals surface area contributed by atoms with Crippen LogP contribution < -0.4 is 5.69 Å². The molecule has 0 spiro atoms. The highest BCUT2D eigenvalue weighted by Gasteiger charge is 2.12. The van der Waals surface area contributed by atoms with Crippen molar-refractivity contribution in [3.8, 4) is 0 Å². The molecular formula is C6H4Cl2N6OS. The predicted molar refractivity (Wildman–Crippen MR) is 57.8 cm³/mol. The van der Waals surface area contributed by atoms with Gasteiger partial charge >= 0.3 is 5.69 Å². The fraction of sp³-hybridized carbons (Fsp3) is 0.167. The zero-order chi connectivity index (χ0) is 11.7. The van der Waals surface area contributed by atoms with Gasteiger partial charge in [0.15, 0.2) is 10.3 Å². The van der Waals surface area contributed by atoms with Crippen LogP contribution in [0.5, 0.6) is 0 Å². The van der Waals surface area contributed by atoms with Crippen molar-refractivity contribution in [2.24, 2.45) is 7.05 Å². The Morgan fingerprint density at radius 2 is 2.12 bits per heavy atom. The minimum absolute atomic E-state index is 0.0209. The average molecular weight is 279 g/mol. The van der Waals surface area contributed by atoms with Crippen LogP contribution in [0.1, 0.15) is 0 Å². The summed E-state index contributed by atoms with van der Waals surface area (Å²) in [7, 11) is 1.57.